The summed E-state index contributed by atoms with van der Waals surface area (Å²) in [5.74, 6) is 1.15. The molecule has 0 aliphatic heterocycles. The molecule has 0 atom stereocenters. The highest BCUT2D eigenvalue weighted by Gasteiger charge is 2.16. The number of hydrogen-bond donors (Lipinski definition) is 2. The van der Waals surface area contributed by atoms with Gasteiger partial charge in [-0.3, -0.25) is 4.79 Å². The summed E-state index contributed by atoms with van der Waals surface area (Å²) in [6.07, 6.45) is 6.32. The minimum atomic E-state index is -0.162. The predicted molar refractivity (Wildman–Crippen MR) is 85.2 cm³/mol. The minimum Gasteiger partial charge on any atom is -0.388 e. The van der Waals surface area contributed by atoms with Gasteiger partial charge in [0, 0.05) is 6.54 Å². The molecule has 1 aliphatic carbocycles. The van der Waals surface area contributed by atoms with Crippen molar-refractivity contribution in [3.05, 3.63) is 30.1 Å². The van der Waals surface area contributed by atoms with Crippen LogP contribution in [0.2, 0.25) is 0 Å². The number of fused-ring (bicyclic) bond motifs is 1. The Balaban J connectivity index is 1.65. The summed E-state index contributed by atoms with van der Waals surface area (Å²) < 4.78 is 1.80. The lowest BCUT2D eigenvalue weighted by atomic mass is 9.89. The zero-order valence-electron chi connectivity index (χ0n) is 12.8. The molecule has 5 nitrogen and oxygen atoms in total. The number of aromatic nitrogens is 2. The van der Waals surface area contributed by atoms with Crippen LogP contribution in [0.1, 0.15) is 37.9 Å². The summed E-state index contributed by atoms with van der Waals surface area (Å²) in [5.41, 5.74) is 1.70. The largest absolute Gasteiger partial charge is 0.388 e. The average Bonchev–Trinajstić information content (AvgIpc) is 2.92. The van der Waals surface area contributed by atoms with Crippen LogP contribution < -0.4 is 5.32 Å². The molecular formula is C17H23N3O2. The third-order valence-corrected chi connectivity index (χ3v) is 4.49. The Hall–Kier alpha value is -1.88. The molecule has 0 spiro atoms. The molecule has 2 N–H and O–H groups in total. The number of benzene rings is 1. The molecule has 1 heterocycles. The summed E-state index contributed by atoms with van der Waals surface area (Å²) in [6.45, 7) is 0.813. The third-order valence-electron chi connectivity index (χ3n) is 4.49. The fourth-order valence-corrected chi connectivity index (χ4v) is 3.27. The third kappa shape index (κ3) is 3.30. The van der Waals surface area contributed by atoms with Gasteiger partial charge in [-0.05, 0) is 30.9 Å². The lowest BCUT2D eigenvalue weighted by Crippen LogP contribution is -2.33. The highest BCUT2D eigenvalue weighted by molar-refractivity contribution is 5.81. The van der Waals surface area contributed by atoms with Gasteiger partial charge in [-0.2, -0.15) is 0 Å². The molecule has 22 heavy (non-hydrogen) atoms. The fourth-order valence-electron chi connectivity index (χ4n) is 3.27. The van der Waals surface area contributed by atoms with Crippen molar-refractivity contribution in [2.75, 3.05) is 6.54 Å². The Bertz CT molecular complexity index is 644. The van der Waals surface area contributed by atoms with Crippen LogP contribution in [0, 0.1) is 5.92 Å². The van der Waals surface area contributed by atoms with Gasteiger partial charge in [0.05, 0.1) is 11.0 Å². The highest BCUT2D eigenvalue weighted by Crippen LogP contribution is 2.22. The molecule has 1 fully saturated rings. The van der Waals surface area contributed by atoms with Crippen LogP contribution in [0.4, 0.5) is 0 Å². The van der Waals surface area contributed by atoms with Crippen LogP contribution in [0.15, 0.2) is 24.3 Å². The number of imidazole rings is 1. The molecule has 1 aromatic carbocycles. The first kappa shape index (κ1) is 15.0. The molecule has 0 unspecified atom stereocenters. The summed E-state index contributed by atoms with van der Waals surface area (Å²) in [4.78, 5) is 16.6. The molecule has 3 rings (SSSR count). The van der Waals surface area contributed by atoms with Gasteiger partial charge >= 0.3 is 0 Å². The van der Waals surface area contributed by atoms with E-state index in [-0.39, 0.29) is 19.1 Å². The fraction of sp³-hybridized carbons (Fsp3) is 0.529. The predicted octanol–water partition coefficient (Wildman–Crippen LogP) is 2.23. The second-order valence-electron chi connectivity index (χ2n) is 6.07. The molecule has 1 saturated carbocycles. The number of nitrogens with one attached hydrogen (secondary N) is 1. The van der Waals surface area contributed by atoms with Crippen LogP contribution >= 0.6 is 0 Å². The number of aliphatic hydroxyl groups is 1. The van der Waals surface area contributed by atoms with E-state index in [0.29, 0.717) is 11.7 Å². The summed E-state index contributed by atoms with van der Waals surface area (Å²) in [6, 6.07) is 7.65. The maximum Gasteiger partial charge on any atom is 0.240 e. The maximum absolute atomic E-state index is 12.2. The SMILES string of the molecule is O=C(Cn1c(CO)nc2ccccc21)NCC1CCCCC1. The number of hydrogen-bond acceptors (Lipinski definition) is 3. The van der Waals surface area contributed by atoms with E-state index in [1.54, 1.807) is 4.57 Å². The second kappa shape index (κ2) is 6.92. The molecule has 5 heteroatoms. The van der Waals surface area contributed by atoms with Crippen LogP contribution in [-0.2, 0) is 17.9 Å². The monoisotopic (exact) mass is 301 g/mol. The molecule has 2 aromatic rings. The number of para-hydroxylation sites is 2. The van der Waals surface area contributed by atoms with Gasteiger partial charge in [-0.15, -0.1) is 0 Å². The molecule has 0 bridgehead atoms. The van der Waals surface area contributed by atoms with Gasteiger partial charge in [0.25, 0.3) is 0 Å². The first-order valence-corrected chi connectivity index (χ1v) is 8.09. The van der Waals surface area contributed by atoms with Crippen molar-refractivity contribution in [1.29, 1.82) is 0 Å². The Morgan fingerprint density at radius 2 is 2.05 bits per heavy atom. The van der Waals surface area contributed by atoms with Crippen molar-refractivity contribution in [1.82, 2.24) is 14.9 Å². The number of rotatable bonds is 5. The molecule has 1 aromatic heterocycles. The van der Waals surface area contributed by atoms with Gasteiger partial charge in [0.2, 0.25) is 5.91 Å². The Morgan fingerprint density at radius 3 is 2.82 bits per heavy atom. The number of nitrogens with zero attached hydrogens (tertiary/aromatic N) is 2. The Kier molecular flexibility index (Phi) is 4.73. The average molecular weight is 301 g/mol. The van der Waals surface area contributed by atoms with Crippen molar-refractivity contribution in [3.8, 4) is 0 Å². The number of amides is 1. The topological polar surface area (TPSA) is 67.2 Å². The molecule has 118 valence electrons. The lowest BCUT2D eigenvalue weighted by Gasteiger charge is -2.21. The van der Waals surface area contributed by atoms with E-state index >= 15 is 0 Å². The van der Waals surface area contributed by atoms with E-state index in [2.05, 4.69) is 10.3 Å². The lowest BCUT2D eigenvalue weighted by molar-refractivity contribution is -0.121. The van der Waals surface area contributed by atoms with Crippen LogP contribution in [0.5, 0.6) is 0 Å². The van der Waals surface area contributed by atoms with E-state index in [0.717, 1.165) is 17.6 Å². The van der Waals surface area contributed by atoms with Gasteiger partial charge in [-0.1, -0.05) is 31.4 Å². The first-order valence-electron chi connectivity index (χ1n) is 8.09. The number of aliphatic hydroxyl groups excluding tert-OH is 1. The number of carbonyl (C=O) groups is 1. The molecular weight excluding hydrogens is 278 g/mol. The van der Waals surface area contributed by atoms with Gasteiger partial charge in [-0.25, -0.2) is 4.98 Å². The summed E-state index contributed by atoms with van der Waals surface area (Å²) in [5, 5.41) is 12.5. The molecule has 1 aliphatic rings. The first-order chi connectivity index (χ1) is 10.8. The molecule has 0 radical (unpaired) electrons. The van der Waals surface area contributed by atoms with E-state index in [4.69, 9.17) is 0 Å². The zero-order valence-corrected chi connectivity index (χ0v) is 12.8. The second-order valence-corrected chi connectivity index (χ2v) is 6.07. The van der Waals surface area contributed by atoms with Crippen molar-refractivity contribution in [2.45, 2.75) is 45.3 Å². The van der Waals surface area contributed by atoms with Crippen molar-refractivity contribution in [2.24, 2.45) is 5.92 Å². The van der Waals surface area contributed by atoms with Crippen molar-refractivity contribution >= 4 is 16.9 Å². The maximum atomic E-state index is 12.2. The quantitative estimate of drug-likeness (QED) is 0.890. The van der Waals surface area contributed by atoms with E-state index in [9.17, 15) is 9.90 Å². The molecule has 1 amide bonds. The Labute approximate surface area is 130 Å². The minimum absolute atomic E-state index is 0.0107. The van der Waals surface area contributed by atoms with Crippen molar-refractivity contribution in [3.63, 3.8) is 0 Å². The highest BCUT2D eigenvalue weighted by atomic mass is 16.3. The molecule has 0 saturated heterocycles. The van der Waals surface area contributed by atoms with Gasteiger partial charge in [0.1, 0.15) is 19.0 Å². The summed E-state index contributed by atoms with van der Waals surface area (Å²) >= 11 is 0. The van der Waals surface area contributed by atoms with Crippen molar-refractivity contribution < 1.29 is 9.90 Å². The van der Waals surface area contributed by atoms with Crippen LogP contribution in [-0.4, -0.2) is 27.1 Å². The summed E-state index contributed by atoms with van der Waals surface area (Å²) in [7, 11) is 0. The van der Waals surface area contributed by atoms with E-state index in [1.807, 2.05) is 24.3 Å². The normalized spacial score (nSPS) is 16.0. The smallest absolute Gasteiger partial charge is 0.240 e. The van der Waals surface area contributed by atoms with E-state index in [1.165, 1.54) is 32.1 Å². The Morgan fingerprint density at radius 1 is 1.27 bits per heavy atom. The van der Waals surface area contributed by atoms with Gasteiger partial charge < -0.3 is 15.0 Å². The van der Waals surface area contributed by atoms with Gasteiger partial charge in [0.15, 0.2) is 0 Å². The van der Waals surface area contributed by atoms with Crippen LogP contribution in [0.25, 0.3) is 11.0 Å². The standard InChI is InChI=1S/C17H23N3O2/c21-12-16-19-14-8-4-5-9-15(14)20(16)11-17(22)18-10-13-6-2-1-3-7-13/h4-5,8-9,13,21H,1-3,6-7,10-12H2,(H,18,22). The van der Waals surface area contributed by atoms with E-state index < -0.39 is 0 Å². The zero-order chi connectivity index (χ0) is 15.4. The van der Waals surface area contributed by atoms with Crippen LogP contribution in [0.3, 0.4) is 0 Å². The number of carbonyl (C=O) groups excluding carboxylic acids is 1.